The number of hydrogen-bond acceptors (Lipinski definition) is 2. The topological polar surface area (TPSA) is 43.8 Å². The number of anilines is 1. The Morgan fingerprint density at radius 1 is 1.80 bits per heavy atom. The summed E-state index contributed by atoms with van der Waals surface area (Å²) in [6.45, 7) is 1.42. The fourth-order valence-corrected chi connectivity index (χ4v) is 0.833. The summed E-state index contributed by atoms with van der Waals surface area (Å²) in [5.74, 6) is 0. The minimum atomic E-state index is -1.08. The molecule has 0 fully saturated rings. The number of nitrogens with zero attached hydrogens (tertiary/aromatic N) is 2. The van der Waals surface area contributed by atoms with Crippen molar-refractivity contribution in [2.24, 2.45) is 7.05 Å². The van der Waals surface area contributed by atoms with Gasteiger partial charge >= 0.3 is 0 Å². The first kappa shape index (κ1) is 7.05. The molecule has 1 rings (SSSR count). The molecule has 0 radical (unpaired) electrons. The molecule has 4 heteroatoms. The second kappa shape index (κ2) is 2.28. The van der Waals surface area contributed by atoms with Crippen LogP contribution >= 0.6 is 0 Å². The van der Waals surface area contributed by atoms with E-state index in [0.29, 0.717) is 11.4 Å². The van der Waals surface area contributed by atoms with Crippen molar-refractivity contribution in [1.82, 2.24) is 9.78 Å². The fraction of sp³-hybridized carbons (Fsp3) is 0.500. The van der Waals surface area contributed by atoms with E-state index in [1.165, 1.54) is 11.6 Å². The van der Waals surface area contributed by atoms with E-state index in [1.54, 1.807) is 13.2 Å². The van der Waals surface area contributed by atoms with Gasteiger partial charge in [-0.3, -0.25) is 4.68 Å². The van der Waals surface area contributed by atoms with E-state index >= 15 is 0 Å². The van der Waals surface area contributed by atoms with E-state index in [2.05, 4.69) is 5.10 Å². The molecule has 1 heterocycles. The van der Waals surface area contributed by atoms with Crippen LogP contribution in [0.2, 0.25) is 0 Å². The van der Waals surface area contributed by atoms with Crippen LogP contribution in [0.1, 0.15) is 18.8 Å². The Morgan fingerprint density at radius 2 is 2.40 bits per heavy atom. The summed E-state index contributed by atoms with van der Waals surface area (Å²) < 4.78 is 14.1. The first-order valence-electron chi connectivity index (χ1n) is 3.04. The molecule has 0 aliphatic rings. The molecule has 0 saturated heterocycles. The predicted molar refractivity (Wildman–Crippen MR) is 37.1 cm³/mol. The normalized spacial score (nSPS) is 13.5. The average molecular weight is 143 g/mol. The monoisotopic (exact) mass is 143 g/mol. The molecule has 0 aromatic carbocycles. The van der Waals surface area contributed by atoms with E-state index in [9.17, 15) is 4.39 Å². The van der Waals surface area contributed by atoms with Crippen molar-refractivity contribution >= 4 is 5.69 Å². The number of alkyl halides is 1. The fourth-order valence-electron chi connectivity index (χ4n) is 0.833. The SMILES string of the molecule is CC(F)c1nn(C)cc1N. The van der Waals surface area contributed by atoms with Crippen molar-refractivity contribution in [2.45, 2.75) is 13.1 Å². The Labute approximate surface area is 58.6 Å². The Kier molecular flexibility index (Phi) is 1.61. The van der Waals surface area contributed by atoms with Crippen LogP contribution in [0, 0.1) is 0 Å². The zero-order valence-electron chi connectivity index (χ0n) is 6.00. The number of aromatic nitrogens is 2. The highest BCUT2D eigenvalue weighted by molar-refractivity contribution is 5.41. The smallest absolute Gasteiger partial charge is 0.143 e. The zero-order chi connectivity index (χ0) is 7.72. The molecule has 0 aliphatic carbocycles. The standard InChI is InChI=1S/C6H10FN3/c1-4(7)6-5(8)3-10(2)9-6/h3-4H,8H2,1-2H3. The van der Waals surface area contributed by atoms with Gasteiger partial charge < -0.3 is 5.73 Å². The summed E-state index contributed by atoms with van der Waals surface area (Å²) in [5, 5.41) is 3.83. The van der Waals surface area contributed by atoms with Gasteiger partial charge in [-0.15, -0.1) is 0 Å². The summed E-state index contributed by atoms with van der Waals surface area (Å²) in [5.41, 5.74) is 6.16. The second-order valence-corrected chi connectivity index (χ2v) is 2.26. The first-order valence-corrected chi connectivity index (χ1v) is 3.04. The molecule has 0 aliphatic heterocycles. The number of rotatable bonds is 1. The van der Waals surface area contributed by atoms with Gasteiger partial charge in [-0.2, -0.15) is 5.10 Å². The predicted octanol–water partition coefficient (Wildman–Crippen LogP) is 1.03. The Bertz CT molecular complexity index is 229. The van der Waals surface area contributed by atoms with Crippen LogP contribution in [0.3, 0.4) is 0 Å². The summed E-state index contributed by atoms with van der Waals surface area (Å²) >= 11 is 0. The third-order valence-corrected chi connectivity index (χ3v) is 1.26. The summed E-state index contributed by atoms with van der Waals surface area (Å²) in [6, 6.07) is 0. The van der Waals surface area contributed by atoms with Gasteiger partial charge in [-0.05, 0) is 6.92 Å². The van der Waals surface area contributed by atoms with Crippen LogP contribution in [-0.4, -0.2) is 9.78 Å². The molecular formula is C6H10FN3. The maximum Gasteiger partial charge on any atom is 0.143 e. The van der Waals surface area contributed by atoms with Crippen LogP contribution < -0.4 is 5.73 Å². The number of nitrogen functional groups attached to an aromatic ring is 1. The average Bonchev–Trinajstić information content (AvgIpc) is 2.10. The van der Waals surface area contributed by atoms with Crippen molar-refractivity contribution in [3.63, 3.8) is 0 Å². The molecule has 1 aromatic rings. The van der Waals surface area contributed by atoms with Gasteiger partial charge in [0, 0.05) is 13.2 Å². The minimum absolute atomic E-state index is 0.322. The maximum absolute atomic E-state index is 12.6. The van der Waals surface area contributed by atoms with Crippen molar-refractivity contribution in [3.05, 3.63) is 11.9 Å². The van der Waals surface area contributed by atoms with Gasteiger partial charge in [0.1, 0.15) is 11.9 Å². The third kappa shape index (κ3) is 1.10. The summed E-state index contributed by atoms with van der Waals surface area (Å²) in [4.78, 5) is 0. The quantitative estimate of drug-likeness (QED) is 0.638. The molecule has 0 bridgehead atoms. The van der Waals surface area contributed by atoms with E-state index < -0.39 is 6.17 Å². The molecule has 10 heavy (non-hydrogen) atoms. The van der Waals surface area contributed by atoms with Crippen LogP contribution in [0.15, 0.2) is 6.20 Å². The van der Waals surface area contributed by atoms with Gasteiger partial charge in [-0.25, -0.2) is 4.39 Å². The van der Waals surface area contributed by atoms with Gasteiger partial charge in [0.25, 0.3) is 0 Å². The Hall–Kier alpha value is -1.06. The molecule has 1 aromatic heterocycles. The number of halogens is 1. The molecular weight excluding hydrogens is 133 g/mol. The van der Waals surface area contributed by atoms with Crippen molar-refractivity contribution in [1.29, 1.82) is 0 Å². The molecule has 2 N–H and O–H groups in total. The third-order valence-electron chi connectivity index (χ3n) is 1.26. The number of nitrogens with two attached hydrogens (primary N) is 1. The van der Waals surface area contributed by atoms with Gasteiger partial charge in [0.15, 0.2) is 0 Å². The van der Waals surface area contributed by atoms with E-state index in [1.807, 2.05) is 0 Å². The van der Waals surface area contributed by atoms with Crippen molar-refractivity contribution in [3.8, 4) is 0 Å². The highest BCUT2D eigenvalue weighted by Crippen LogP contribution is 2.19. The lowest BCUT2D eigenvalue weighted by molar-refractivity contribution is 0.364. The minimum Gasteiger partial charge on any atom is -0.396 e. The number of aryl methyl sites for hydroxylation is 1. The molecule has 0 saturated carbocycles. The van der Waals surface area contributed by atoms with Crippen LogP contribution in [0.5, 0.6) is 0 Å². The Morgan fingerprint density at radius 3 is 2.60 bits per heavy atom. The highest BCUT2D eigenvalue weighted by atomic mass is 19.1. The molecule has 0 amide bonds. The number of hydrogen-bond donors (Lipinski definition) is 1. The molecule has 1 unspecified atom stereocenters. The van der Waals surface area contributed by atoms with Gasteiger partial charge in [-0.1, -0.05) is 0 Å². The van der Waals surface area contributed by atoms with E-state index in [4.69, 9.17) is 5.73 Å². The summed E-state index contributed by atoms with van der Waals surface area (Å²) in [6.07, 6.45) is 0.506. The highest BCUT2D eigenvalue weighted by Gasteiger charge is 2.10. The summed E-state index contributed by atoms with van der Waals surface area (Å²) in [7, 11) is 1.71. The van der Waals surface area contributed by atoms with Gasteiger partial charge in [0.2, 0.25) is 0 Å². The lowest BCUT2D eigenvalue weighted by Crippen LogP contribution is -1.93. The molecule has 56 valence electrons. The van der Waals surface area contributed by atoms with Crippen LogP contribution in [-0.2, 0) is 7.05 Å². The van der Waals surface area contributed by atoms with Crippen molar-refractivity contribution < 1.29 is 4.39 Å². The lowest BCUT2D eigenvalue weighted by Gasteiger charge is -1.95. The van der Waals surface area contributed by atoms with E-state index in [0.717, 1.165) is 0 Å². The van der Waals surface area contributed by atoms with Crippen LogP contribution in [0.25, 0.3) is 0 Å². The van der Waals surface area contributed by atoms with Gasteiger partial charge in [0.05, 0.1) is 5.69 Å². The largest absolute Gasteiger partial charge is 0.396 e. The maximum atomic E-state index is 12.6. The second-order valence-electron chi connectivity index (χ2n) is 2.26. The molecule has 3 nitrogen and oxygen atoms in total. The van der Waals surface area contributed by atoms with Crippen molar-refractivity contribution in [2.75, 3.05) is 5.73 Å². The Balaban J connectivity index is 3.03. The molecule has 0 spiro atoms. The van der Waals surface area contributed by atoms with Crippen LogP contribution in [0.4, 0.5) is 10.1 Å². The zero-order valence-corrected chi connectivity index (χ0v) is 6.00. The first-order chi connectivity index (χ1) is 4.61. The van der Waals surface area contributed by atoms with E-state index in [-0.39, 0.29) is 0 Å². The molecule has 1 atom stereocenters. The lowest BCUT2D eigenvalue weighted by atomic mass is 10.3.